The van der Waals surface area contributed by atoms with Crippen LogP contribution in [0, 0.1) is 5.82 Å². The first-order valence-corrected chi connectivity index (χ1v) is 6.80. The predicted molar refractivity (Wildman–Crippen MR) is 83.7 cm³/mol. The zero-order valence-electron chi connectivity index (χ0n) is 12.5. The van der Waals surface area contributed by atoms with Crippen molar-refractivity contribution in [2.45, 2.75) is 0 Å². The quantitative estimate of drug-likeness (QED) is 0.864. The Hall–Kier alpha value is -2.53. The molecule has 0 heterocycles. The second-order valence-corrected chi connectivity index (χ2v) is 5.20. The molecule has 0 bridgehead atoms. The summed E-state index contributed by atoms with van der Waals surface area (Å²) in [4.78, 5) is 25.8. The van der Waals surface area contributed by atoms with Gasteiger partial charge in [0.25, 0.3) is 5.91 Å². The molecule has 0 fully saturated rings. The highest BCUT2D eigenvalue weighted by Gasteiger charge is 2.10. The van der Waals surface area contributed by atoms with Gasteiger partial charge in [0.1, 0.15) is 5.82 Å². The Kier molecular flexibility index (Phi) is 5.01. The molecule has 4 nitrogen and oxygen atoms in total. The Balaban J connectivity index is 2.11. The van der Waals surface area contributed by atoms with Crippen LogP contribution < -0.4 is 5.32 Å². The fourth-order valence-corrected chi connectivity index (χ4v) is 1.95. The highest BCUT2D eigenvalue weighted by atomic mass is 19.1. The number of hydrogen-bond acceptors (Lipinski definition) is 3. The number of benzene rings is 2. The summed E-state index contributed by atoms with van der Waals surface area (Å²) in [6, 6.07) is 12.0. The minimum absolute atomic E-state index is 0.0251. The Morgan fingerprint density at radius 2 is 1.73 bits per heavy atom. The number of likely N-dealkylation sites (N-methyl/N-ethyl adjacent to an activating group) is 1. The minimum Gasteiger partial charge on any atom is -0.322 e. The number of rotatable bonds is 5. The summed E-state index contributed by atoms with van der Waals surface area (Å²) in [7, 11) is 3.64. The fraction of sp³-hybridized carbons (Fsp3) is 0.176. The molecule has 22 heavy (non-hydrogen) atoms. The van der Waals surface area contributed by atoms with Crippen molar-refractivity contribution >= 4 is 17.4 Å². The molecule has 2 aromatic carbocycles. The number of nitrogens with zero attached hydrogens (tertiary/aromatic N) is 1. The van der Waals surface area contributed by atoms with Gasteiger partial charge in [-0.15, -0.1) is 0 Å². The van der Waals surface area contributed by atoms with Gasteiger partial charge >= 0.3 is 0 Å². The maximum atomic E-state index is 12.8. The smallest absolute Gasteiger partial charge is 0.255 e. The molecule has 2 rings (SSSR count). The van der Waals surface area contributed by atoms with Crippen LogP contribution >= 0.6 is 0 Å². The summed E-state index contributed by atoms with van der Waals surface area (Å²) in [6.45, 7) is 0.301. The Bertz CT molecular complexity index is 681. The molecule has 0 unspecified atom stereocenters. The SMILES string of the molecule is CN(C)CC(=O)c1cccc(NC(=O)c2ccc(F)cc2)c1. The van der Waals surface area contributed by atoms with E-state index in [0.29, 0.717) is 23.4 Å². The third-order valence-electron chi connectivity index (χ3n) is 3.01. The second kappa shape index (κ2) is 6.95. The molecule has 1 N–H and O–H groups in total. The van der Waals surface area contributed by atoms with Crippen LogP contribution in [0.3, 0.4) is 0 Å². The van der Waals surface area contributed by atoms with Gasteiger partial charge in [-0.05, 0) is 50.5 Å². The van der Waals surface area contributed by atoms with E-state index in [9.17, 15) is 14.0 Å². The number of ketones is 1. The van der Waals surface area contributed by atoms with E-state index in [0.717, 1.165) is 0 Å². The number of anilines is 1. The molecule has 0 saturated heterocycles. The summed E-state index contributed by atoms with van der Waals surface area (Å²) in [5.74, 6) is -0.770. The molecular formula is C17H17FN2O2. The van der Waals surface area contributed by atoms with Gasteiger partial charge in [-0.2, -0.15) is 0 Å². The van der Waals surface area contributed by atoms with Crippen molar-refractivity contribution in [3.63, 3.8) is 0 Å². The number of carbonyl (C=O) groups is 2. The van der Waals surface area contributed by atoms with E-state index in [1.165, 1.54) is 24.3 Å². The van der Waals surface area contributed by atoms with Crippen LogP contribution in [0.1, 0.15) is 20.7 Å². The average molecular weight is 300 g/mol. The van der Waals surface area contributed by atoms with Crippen molar-refractivity contribution in [2.75, 3.05) is 26.0 Å². The van der Waals surface area contributed by atoms with Crippen molar-refractivity contribution in [3.05, 3.63) is 65.5 Å². The first-order valence-electron chi connectivity index (χ1n) is 6.80. The van der Waals surface area contributed by atoms with E-state index in [2.05, 4.69) is 5.32 Å². The summed E-state index contributed by atoms with van der Waals surface area (Å²) in [5.41, 5.74) is 1.41. The average Bonchev–Trinajstić information content (AvgIpc) is 2.47. The van der Waals surface area contributed by atoms with Gasteiger partial charge < -0.3 is 10.2 Å². The predicted octanol–water partition coefficient (Wildman–Crippen LogP) is 2.82. The molecule has 0 radical (unpaired) electrons. The molecule has 0 aliphatic heterocycles. The monoisotopic (exact) mass is 300 g/mol. The van der Waals surface area contributed by atoms with E-state index in [1.807, 2.05) is 14.1 Å². The molecule has 0 aliphatic rings. The lowest BCUT2D eigenvalue weighted by Crippen LogP contribution is -2.21. The number of carbonyl (C=O) groups excluding carboxylic acids is 2. The van der Waals surface area contributed by atoms with Crippen LogP contribution in [-0.2, 0) is 0 Å². The first kappa shape index (κ1) is 15.9. The van der Waals surface area contributed by atoms with Crippen LogP contribution in [-0.4, -0.2) is 37.2 Å². The second-order valence-electron chi connectivity index (χ2n) is 5.20. The van der Waals surface area contributed by atoms with Crippen LogP contribution in [0.25, 0.3) is 0 Å². The van der Waals surface area contributed by atoms with Crippen molar-refractivity contribution in [1.82, 2.24) is 4.90 Å². The highest BCUT2D eigenvalue weighted by Crippen LogP contribution is 2.13. The van der Waals surface area contributed by atoms with Crippen LogP contribution in [0.15, 0.2) is 48.5 Å². The summed E-state index contributed by atoms with van der Waals surface area (Å²) >= 11 is 0. The van der Waals surface area contributed by atoms with Gasteiger partial charge in [0.2, 0.25) is 0 Å². The summed E-state index contributed by atoms with van der Waals surface area (Å²) in [5, 5.41) is 2.70. The number of Topliss-reactive ketones (excluding diaryl/α,β-unsaturated/α-hetero) is 1. The largest absolute Gasteiger partial charge is 0.322 e. The van der Waals surface area contributed by atoms with E-state index in [1.54, 1.807) is 29.2 Å². The molecule has 2 aromatic rings. The van der Waals surface area contributed by atoms with Gasteiger partial charge in [0, 0.05) is 16.8 Å². The molecule has 0 aromatic heterocycles. The van der Waals surface area contributed by atoms with Gasteiger partial charge in [0.05, 0.1) is 6.54 Å². The lowest BCUT2D eigenvalue weighted by atomic mass is 10.1. The van der Waals surface area contributed by atoms with Crippen molar-refractivity contribution in [3.8, 4) is 0 Å². The van der Waals surface area contributed by atoms with E-state index in [-0.39, 0.29) is 11.7 Å². The molecule has 114 valence electrons. The Morgan fingerprint density at radius 1 is 1.05 bits per heavy atom. The fourth-order valence-electron chi connectivity index (χ4n) is 1.95. The number of amides is 1. The maximum absolute atomic E-state index is 12.8. The van der Waals surface area contributed by atoms with E-state index >= 15 is 0 Å². The van der Waals surface area contributed by atoms with Gasteiger partial charge in [0.15, 0.2) is 5.78 Å². The molecule has 5 heteroatoms. The Labute approximate surface area is 128 Å². The maximum Gasteiger partial charge on any atom is 0.255 e. The molecule has 1 amide bonds. The zero-order chi connectivity index (χ0) is 16.1. The summed E-state index contributed by atoms with van der Waals surface area (Å²) < 4.78 is 12.8. The zero-order valence-corrected chi connectivity index (χ0v) is 12.5. The van der Waals surface area contributed by atoms with Gasteiger partial charge in [-0.3, -0.25) is 9.59 Å². The van der Waals surface area contributed by atoms with Crippen LogP contribution in [0.4, 0.5) is 10.1 Å². The highest BCUT2D eigenvalue weighted by molar-refractivity contribution is 6.05. The molecule has 0 aliphatic carbocycles. The lowest BCUT2D eigenvalue weighted by molar-refractivity contribution is 0.0956. The van der Waals surface area contributed by atoms with Gasteiger partial charge in [-0.25, -0.2) is 4.39 Å². The number of halogens is 1. The van der Waals surface area contributed by atoms with Crippen molar-refractivity contribution in [1.29, 1.82) is 0 Å². The first-order chi connectivity index (χ1) is 10.5. The molecule has 0 atom stereocenters. The standard InChI is InChI=1S/C17H17FN2O2/c1-20(2)11-16(21)13-4-3-5-15(10-13)19-17(22)12-6-8-14(18)9-7-12/h3-10H,11H2,1-2H3,(H,19,22). The van der Waals surface area contributed by atoms with E-state index in [4.69, 9.17) is 0 Å². The van der Waals surface area contributed by atoms with Gasteiger partial charge in [-0.1, -0.05) is 12.1 Å². The summed E-state index contributed by atoms with van der Waals surface area (Å²) in [6.07, 6.45) is 0. The van der Waals surface area contributed by atoms with E-state index < -0.39 is 5.82 Å². The topological polar surface area (TPSA) is 49.4 Å². The molecular weight excluding hydrogens is 283 g/mol. The van der Waals surface area contributed by atoms with Crippen molar-refractivity contribution in [2.24, 2.45) is 0 Å². The lowest BCUT2D eigenvalue weighted by Gasteiger charge is -2.10. The number of hydrogen-bond donors (Lipinski definition) is 1. The van der Waals surface area contributed by atoms with Crippen LogP contribution in [0.2, 0.25) is 0 Å². The number of nitrogens with one attached hydrogen (secondary N) is 1. The minimum atomic E-state index is -0.396. The molecule has 0 saturated carbocycles. The van der Waals surface area contributed by atoms with Crippen LogP contribution in [0.5, 0.6) is 0 Å². The third kappa shape index (κ3) is 4.23. The molecule has 0 spiro atoms. The third-order valence-corrected chi connectivity index (χ3v) is 3.01. The Morgan fingerprint density at radius 3 is 2.36 bits per heavy atom. The normalized spacial score (nSPS) is 10.5. The van der Waals surface area contributed by atoms with Crippen molar-refractivity contribution < 1.29 is 14.0 Å².